The summed E-state index contributed by atoms with van der Waals surface area (Å²) in [5.74, 6) is 1.80. The molecule has 0 aliphatic rings. The summed E-state index contributed by atoms with van der Waals surface area (Å²) < 4.78 is 5.68. The molecule has 2 N–H and O–H groups in total. The Morgan fingerprint density at radius 1 is 1.00 bits per heavy atom. The zero-order valence-electron chi connectivity index (χ0n) is 10.4. The van der Waals surface area contributed by atoms with Crippen molar-refractivity contribution in [3.63, 3.8) is 0 Å². The Hall–Kier alpha value is -1.71. The topological polar surface area (TPSA) is 41.5 Å². The average Bonchev–Trinajstić information content (AvgIpc) is 2.47. The highest BCUT2D eigenvalue weighted by molar-refractivity contribution is 6.18. The maximum Gasteiger partial charge on any atom is 0.127 e. The molecular formula is C15H16ClNO2. The van der Waals surface area contributed by atoms with E-state index >= 15 is 0 Å². The van der Waals surface area contributed by atoms with Crippen LogP contribution in [-0.4, -0.2) is 23.6 Å². The third-order valence-electron chi connectivity index (χ3n) is 2.55. The van der Waals surface area contributed by atoms with E-state index in [1.54, 1.807) is 0 Å². The van der Waals surface area contributed by atoms with Crippen LogP contribution in [0, 0.1) is 0 Å². The summed E-state index contributed by atoms with van der Waals surface area (Å²) >= 11 is 5.52. The van der Waals surface area contributed by atoms with Crippen LogP contribution >= 0.6 is 11.6 Å². The van der Waals surface area contributed by atoms with Crippen LogP contribution < -0.4 is 10.1 Å². The minimum absolute atomic E-state index is 0.224. The van der Waals surface area contributed by atoms with E-state index in [0.717, 1.165) is 17.2 Å². The Labute approximate surface area is 117 Å². The van der Waals surface area contributed by atoms with Crippen molar-refractivity contribution in [2.75, 3.05) is 17.7 Å². The van der Waals surface area contributed by atoms with Crippen molar-refractivity contribution < 1.29 is 9.84 Å². The molecular weight excluding hydrogens is 262 g/mol. The van der Waals surface area contributed by atoms with Crippen LogP contribution in [0.2, 0.25) is 0 Å². The number of aliphatic hydroxyl groups excluding tert-OH is 1. The predicted octanol–water partition coefficient (Wildman–Crippen LogP) is 3.49. The van der Waals surface area contributed by atoms with E-state index in [4.69, 9.17) is 16.3 Å². The first-order valence-electron chi connectivity index (χ1n) is 6.09. The number of alkyl halides is 1. The van der Waals surface area contributed by atoms with Crippen molar-refractivity contribution in [1.82, 2.24) is 0 Å². The smallest absolute Gasteiger partial charge is 0.127 e. The van der Waals surface area contributed by atoms with Gasteiger partial charge in [0.1, 0.15) is 11.5 Å². The Morgan fingerprint density at radius 2 is 1.63 bits per heavy atom. The number of aliphatic hydroxyl groups is 1. The number of hydrogen-bond donors (Lipinski definition) is 2. The van der Waals surface area contributed by atoms with Gasteiger partial charge >= 0.3 is 0 Å². The Kier molecular flexibility index (Phi) is 5.07. The lowest BCUT2D eigenvalue weighted by molar-refractivity contribution is 0.211. The number of benzene rings is 2. The van der Waals surface area contributed by atoms with Gasteiger partial charge in [-0.05, 0) is 36.4 Å². The van der Waals surface area contributed by atoms with Crippen LogP contribution in [0.1, 0.15) is 0 Å². The summed E-state index contributed by atoms with van der Waals surface area (Å²) in [6.45, 7) is 0.433. The summed E-state index contributed by atoms with van der Waals surface area (Å²) in [5, 5.41) is 12.4. The highest BCUT2D eigenvalue weighted by Gasteiger charge is 2.01. The number of para-hydroxylation sites is 1. The molecule has 0 aromatic heterocycles. The van der Waals surface area contributed by atoms with Crippen molar-refractivity contribution in [3.05, 3.63) is 54.6 Å². The fourth-order valence-electron chi connectivity index (χ4n) is 1.56. The number of anilines is 1. The maximum atomic E-state index is 9.35. The largest absolute Gasteiger partial charge is 0.457 e. The minimum atomic E-state index is -0.540. The lowest BCUT2D eigenvalue weighted by atomic mass is 10.3. The summed E-state index contributed by atoms with van der Waals surface area (Å²) in [6, 6.07) is 17.2. The van der Waals surface area contributed by atoms with Gasteiger partial charge in [-0.1, -0.05) is 18.2 Å². The molecule has 0 saturated carbocycles. The van der Waals surface area contributed by atoms with Gasteiger partial charge in [-0.25, -0.2) is 0 Å². The van der Waals surface area contributed by atoms with Crippen molar-refractivity contribution >= 4 is 17.3 Å². The first kappa shape index (κ1) is 13.7. The van der Waals surface area contributed by atoms with Gasteiger partial charge in [-0.15, -0.1) is 11.6 Å². The van der Waals surface area contributed by atoms with Crippen LogP contribution in [0.5, 0.6) is 11.5 Å². The molecule has 3 nitrogen and oxygen atoms in total. The second-order valence-corrected chi connectivity index (χ2v) is 4.44. The Morgan fingerprint density at radius 3 is 2.26 bits per heavy atom. The molecule has 4 heteroatoms. The molecule has 1 atom stereocenters. The summed E-state index contributed by atoms with van der Waals surface area (Å²) in [4.78, 5) is 0. The lowest BCUT2D eigenvalue weighted by Crippen LogP contribution is -2.20. The van der Waals surface area contributed by atoms with E-state index in [1.165, 1.54) is 0 Å². The van der Waals surface area contributed by atoms with Gasteiger partial charge in [0, 0.05) is 12.2 Å². The van der Waals surface area contributed by atoms with E-state index in [1.807, 2.05) is 54.6 Å². The van der Waals surface area contributed by atoms with Crippen molar-refractivity contribution in [2.45, 2.75) is 6.10 Å². The van der Waals surface area contributed by atoms with Gasteiger partial charge in [0.25, 0.3) is 0 Å². The molecule has 19 heavy (non-hydrogen) atoms. The van der Waals surface area contributed by atoms with Crippen LogP contribution in [0.3, 0.4) is 0 Å². The molecule has 100 valence electrons. The van der Waals surface area contributed by atoms with Crippen molar-refractivity contribution in [3.8, 4) is 11.5 Å². The monoisotopic (exact) mass is 277 g/mol. The second-order valence-electron chi connectivity index (χ2n) is 4.13. The molecule has 0 aliphatic heterocycles. The molecule has 0 fully saturated rings. The van der Waals surface area contributed by atoms with Crippen molar-refractivity contribution in [1.29, 1.82) is 0 Å². The number of rotatable bonds is 6. The number of halogens is 1. The summed E-state index contributed by atoms with van der Waals surface area (Å²) in [7, 11) is 0. The van der Waals surface area contributed by atoms with E-state index < -0.39 is 6.10 Å². The van der Waals surface area contributed by atoms with Gasteiger partial charge in [-0.2, -0.15) is 0 Å². The zero-order chi connectivity index (χ0) is 13.5. The Bertz CT molecular complexity index is 487. The SMILES string of the molecule is OC(CCl)CNc1ccc(Oc2ccccc2)cc1. The average molecular weight is 278 g/mol. The van der Waals surface area contributed by atoms with E-state index in [2.05, 4.69) is 5.32 Å². The molecule has 2 aromatic carbocycles. The zero-order valence-corrected chi connectivity index (χ0v) is 11.2. The van der Waals surface area contributed by atoms with E-state index in [0.29, 0.717) is 6.54 Å². The molecule has 0 radical (unpaired) electrons. The second kappa shape index (κ2) is 7.02. The first-order chi connectivity index (χ1) is 9.28. The number of hydrogen-bond acceptors (Lipinski definition) is 3. The maximum absolute atomic E-state index is 9.35. The van der Waals surface area contributed by atoms with E-state index in [-0.39, 0.29) is 5.88 Å². The molecule has 2 rings (SSSR count). The minimum Gasteiger partial charge on any atom is -0.457 e. The van der Waals surface area contributed by atoms with Gasteiger partial charge in [-0.3, -0.25) is 0 Å². The third kappa shape index (κ3) is 4.47. The van der Waals surface area contributed by atoms with Gasteiger partial charge in [0.05, 0.1) is 12.0 Å². The third-order valence-corrected chi connectivity index (χ3v) is 2.91. The molecule has 0 saturated heterocycles. The highest BCUT2D eigenvalue weighted by Crippen LogP contribution is 2.22. The fraction of sp³-hybridized carbons (Fsp3) is 0.200. The fourth-order valence-corrected chi connectivity index (χ4v) is 1.66. The molecule has 0 aliphatic carbocycles. The predicted molar refractivity (Wildman–Crippen MR) is 78.2 cm³/mol. The highest BCUT2D eigenvalue weighted by atomic mass is 35.5. The molecule has 2 aromatic rings. The van der Waals surface area contributed by atoms with Gasteiger partial charge < -0.3 is 15.2 Å². The molecule has 0 amide bonds. The van der Waals surface area contributed by atoms with Gasteiger partial charge in [0.15, 0.2) is 0 Å². The first-order valence-corrected chi connectivity index (χ1v) is 6.62. The summed E-state index contributed by atoms with van der Waals surface area (Å²) in [5.41, 5.74) is 0.921. The summed E-state index contributed by atoms with van der Waals surface area (Å²) in [6.07, 6.45) is -0.540. The van der Waals surface area contributed by atoms with Crippen LogP contribution in [-0.2, 0) is 0 Å². The van der Waals surface area contributed by atoms with Crippen LogP contribution in [0.25, 0.3) is 0 Å². The molecule has 0 bridgehead atoms. The standard InChI is InChI=1S/C15H16ClNO2/c16-10-13(18)11-17-12-6-8-15(9-7-12)19-14-4-2-1-3-5-14/h1-9,13,17-18H,10-11H2. The van der Waals surface area contributed by atoms with Crippen LogP contribution in [0.4, 0.5) is 5.69 Å². The molecule has 1 unspecified atom stereocenters. The van der Waals surface area contributed by atoms with Crippen molar-refractivity contribution in [2.24, 2.45) is 0 Å². The molecule has 0 spiro atoms. The lowest BCUT2D eigenvalue weighted by Gasteiger charge is -2.11. The number of nitrogens with one attached hydrogen (secondary N) is 1. The van der Waals surface area contributed by atoms with E-state index in [9.17, 15) is 5.11 Å². The van der Waals surface area contributed by atoms with Crippen LogP contribution in [0.15, 0.2) is 54.6 Å². The quantitative estimate of drug-likeness (QED) is 0.794. The number of ether oxygens (including phenoxy) is 1. The normalized spacial score (nSPS) is 11.9. The van der Waals surface area contributed by atoms with Gasteiger partial charge in [0.2, 0.25) is 0 Å². The Balaban J connectivity index is 1.91. The molecule has 0 heterocycles.